The van der Waals surface area contributed by atoms with Gasteiger partial charge in [0, 0.05) is 24.8 Å². The highest BCUT2D eigenvalue weighted by Gasteiger charge is 2.03. The first-order valence-corrected chi connectivity index (χ1v) is 6.96. The second-order valence-corrected chi connectivity index (χ2v) is 4.84. The lowest BCUT2D eigenvalue weighted by molar-refractivity contribution is 0.0953. The molecule has 0 unspecified atom stereocenters. The second kappa shape index (κ2) is 7.28. The fourth-order valence-corrected chi connectivity index (χ4v) is 1.87. The Labute approximate surface area is 124 Å². The fraction of sp³-hybridized carbons (Fsp3) is 0.250. The zero-order valence-electron chi connectivity index (χ0n) is 12.1. The van der Waals surface area contributed by atoms with Gasteiger partial charge in [0.1, 0.15) is 5.82 Å². The van der Waals surface area contributed by atoms with Crippen LogP contribution in [-0.4, -0.2) is 24.0 Å². The average molecular weight is 284 g/mol. The third kappa shape index (κ3) is 4.49. The van der Waals surface area contributed by atoms with E-state index >= 15 is 0 Å². The first kappa shape index (κ1) is 14.8. The SMILES string of the molecule is Cc1ccc(C(=O)NCCCNc2ncccc2N)cc1. The number of carbonyl (C=O) groups excluding carboxylic acids is 1. The number of benzene rings is 1. The summed E-state index contributed by atoms with van der Waals surface area (Å²) in [7, 11) is 0. The Bertz CT molecular complexity index is 595. The number of anilines is 2. The Hall–Kier alpha value is -2.56. The van der Waals surface area contributed by atoms with E-state index in [9.17, 15) is 4.79 Å². The molecule has 4 N–H and O–H groups in total. The van der Waals surface area contributed by atoms with Gasteiger partial charge < -0.3 is 16.4 Å². The van der Waals surface area contributed by atoms with Crippen molar-refractivity contribution in [1.82, 2.24) is 10.3 Å². The van der Waals surface area contributed by atoms with Gasteiger partial charge >= 0.3 is 0 Å². The highest BCUT2D eigenvalue weighted by molar-refractivity contribution is 5.94. The molecular weight excluding hydrogens is 264 g/mol. The largest absolute Gasteiger partial charge is 0.396 e. The van der Waals surface area contributed by atoms with E-state index in [0.717, 1.165) is 12.0 Å². The molecule has 2 aromatic rings. The number of rotatable bonds is 6. The molecule has 0 saturated heterocycles. The molecule has 0 aliphatic carbocycles. The number of hydrogen-bond donors (Lipinski definition) is 3. The lowest BCUT2D eigenvalue weighted by Gasteiger charge is -2.08. The van der Waals surface area contributed by atoms with E-state index in [1.807, 2.05) is 31.2 Å². The molecule has 110 valence electrons. The Balaban J connectivity index is 1.69. The summed E-state index contributed by atoms with van der Waals surface area (Å²) in [5, 5.41) is 6.04. The summed E-state index contributed by atoms with van der Waals surface area (Å²) in [6.07, 6.45) is 2.49. The number of nitrogens with zero attached hydrogens (tertiary/aromatic N) is 1. The van der Waals surface area contributed by atoms with Crippen molar-refractivity contribution in [2.24, 2.45) is 0 Å². The molecule has 0 bridgehead atoms. The van der Waals surface area contributed by atoms with Crippen LogP contribution in [0.15, 0.2) is 42.6 Å². The molecule has 0 fully saturated rings. The average Bonchev–Trinajstić information content (AvgIpc) is 2.49. The summed E-state index contributed by atoms with van der Waals surface area (Å²) >= 11 is 0. The molecule has 0 saturated carbocycles. The minimum absolute atomic E-state index is 0.0487. The number of nitrogens with two attached hydrogens (primary N) is 1. The number of hydrogen-bond acceptors (Lipinski definition) is 4. The standard InChI is InChI=1S/C16H20N4O/c1-12-5-7-13(8-6-12)16(21)20-11-3-10-19-15-14(17)4-2-9-18-15/h2,4-9H,3,10-11,17H2,1H3,(H,18,19)(H,20,21). The van der Waals surface area contributed by atoms with Gasteiger partial charge in [0.05, 0.1) is 5.69 Å². The lowest BCUT2D eigenvalue weighted by Crippen LogP contribution is -2.25. The topological polar surface area (TPSA) is 80.0 Å². The van der Waals surface area contributed by atoms with E-state index in [2.05, 4.69) is 15.6 Å². The van der Waals surface area contributed by atoms with Crippen LogP contribution < -0.4 is 16.4 Å². The Morgan fingerprint density at radius 1 is 1.19 bits per heavy atom. The van der Waals surface area contributed by atoms with Crippen LogP contribution in [-0.2, 0) is 0 Å². The number of nitrogen functional groups attached to an aromatic ring is 1. The van der Waals surface area contributed by atoms with Crippen LogP contribution in [0.5, 0.6) is 0 Å². The van der Waals surface area contributed by atoms with Gasteiger partial charge in [0.2, 0.25) is 0 Å². The van der Waals surface area contributed by atoms with Crippen LogP contribution in [0.4, 0.5) is 11.5 Å². The van der Waals surface area contributed by atoms with Crippen LogP contribution >= 0.6 is 0 Å². The van der Waals surface area contributed by atoms with E-state index in [0.29, 0.717) is 30.2 Å². The van der Waals surface area contributed by atoms with Gasteiger partial charge in [-0.05, 0) is 37.6 Å². The Kier molecular flexibility index (Phi) is 5.15. The first-order valence-electron chi connectivity index (χ1n) is 6.96. The maximum Gasteiger partial charge on any atom is 0.251 e. The van der Waals surface area contributed by atoms with Crippen molar-refractivity contribution in [2.75, 3.05) is 24.1 Å². The number of aromatic nitrogens is 1. The normalized spacial score (nSPS) is 10.1. The molecule has 21 heavy (non-hydrogen) atoms. The first-order chi connectivity index (χ1) is 10.2. The number of aryl methyl sites for hydroxylation is 1. The predicted octanol–water partition coefficient (Wildman–Crippen LogP) is 2.20. The maximum absolute atomic E-state index is 11.9. The molecule has 1 aromatic heterocycles. The van der Waals surface area contributed by atoms with Crippen molar-refractivity contribution in [2.45, 2.75) is 13.3 Å². The van der Waals surface area contributed by atoms with Gasteiger partial charge in [-0.15, -0.1) is 0 Å². The summed E-state index contributed by atoms with van der Waals surface area (Å²) in [4.78, 5) is 16.0. The molecular formula is C16H20N4O. The highest BCUT2D eigenvalue weighted by atomic mass is 16.1. The Morgan fingerprint density at radius 3 is 2.67 bits per heavy atom. The van der Waals surface area contributed by atoms with Crippen molar-refractivity contribution in [1.29, 1.82) is 0 Å². The van der Waals surface area contributed by atoms with E-state index < -0.39 is 0 Å². The summed E-state index contributed by atoms with van der Waals surface area (Å²) in [5.41, 5.74) is 8.23. The van der Waals surface area contributed by atoms with Crippen molar-refractivity contribution in [3.05, 3.63) is 53.7 Å². The van der Waals surface area contributed by atoms with Gasteiger partial charge in [-0.25, -0.2) is 4.98 Å². The lowest BCUT2D eigenvalue weighted by atomic mass is 10.1. The van der Waals surface area contributed by atoms with E-state index in [4.69, 9.17) is 5.73 Å². The van der Waals surface area contributed by atoms with Crippen molar-refractivity contribution in [3.63, 3.8) is 0 Å². The van der Waals surface area contributed by atoms with Gasteiger partial charge in [-0.1, -0.05) is 17.7 Å². The third-order valence-corrected chi connectivity index (χ3v) is 3.08. The maximum atomic E-state index is 11.9. The van der Waals surface area contributed by atoms with Gasteiger partial charge in [0.25, 0.3) is 5.91 Å². The smallest absolute Gasteiger partial charge is 0.251 e. The van der Waals surface area contributed by atoms with Crippen LogP contribution in [0.25, 0.3) is 0 Å². The molecule has 5 nitrogen and oxygen atoms in total. The summed E-state index contributed by atoms with van der Waals surface area (Å²) in [6, 6.07) is 11.1. The third-order valence-electron chi connectivity index (χ3n) is 3.08. The van der Waals surface area contributed by atoms with Crippen LogP contribution in [0.2, 0.25) is 0 Å². The van der Waals surface area contributed by atoms with Crippen LogP contribution in [0, 0.1) is 6.92 Å². The van der Waals surface area contributed by atoms with Crippen molar-refractivity contribution >= 4 is 17.4 Å². The number of amides is 1. The van der Waals surface area contributed by atoms with Crippen molar-refractivity contribution < 1.29 is 4.79 Å². The number of carbonyl (C=O) groups is 1. The number of pyridine rings is 1. The van der Waals surface area contributed by atoms with E-state index in [-0.39, 0.29) is 5.91 Å². The fourth-order valence-electron chi connectivity index (χ4n) is 1.87. The van der Waals surface area contributed by atoms with Gasteiger partial charge in [0.15, 0.2) is 0 Å². The van der Waals surface area contributed by atoms with Crippen molar-refractivity contribution in [3.8, 4) is 0 Å². The van der Waals surface area contributed by atoms with Crippen LogP contribution in [0.1, 0.15) is 22.3 Å². The quantitative estimate of drug-likeness (QED) is 0.710. The molecule has 5 heteroatoms. The molecule has 0 radical (unpaired) electrons. The van der Waals surface area contributed by atoms with E-state index in [1.54, 1.807) is 18.3 Å². The molecule has 1 amide bonds. The molecule has 1 aromatic carbocycles. The molecule has 0 aliphatic rings. The van der Waals surface area contributed by atoms with Gasteiger partial charge in [-0.3, -0.25) is 4.79 Å². The number of nitrogens with one attached hydrogen (secondary N) is 2. The zero-order valence-corrected chi connectivity index (χ0v) is 12.1. The summed E-state index contributed by atoms with van der Waals surface area (Å²) in [5.74, 6) is 0.634. The van der Waals surface area contributed by atoms with Gasteiger partial charge in [-0.2, -0.15) is 0 Å². The molecule has 2 rings (SSSR count). The highest BCUT2D eigenvalue weighted by Crippen LogP contribution is 2.12. The summed E-state index contributed by atoms with van der Waals surface area (Å²) < 4.78 is 0. The minimum Gasteiger partial charge on any atom is -0.396 e. The molecule has 0 spiro atoms. The van der Waals surface area contributed by atoms with Crippen LogP contribution in [0.3, 0.4) is 0 Å². The van der Waals surface area contributed by atoms with E-state index in [1.165, 1.54) is 0 Å². The zero-order chi connectivity index (χ0) is 15.1. The minimum atomic E-state index is -0.0487. The predicted molar refractivity (Wildman–Crippen MR) is 85.3 cm³/mol. The second-order valence-electron chi connectivity index (χ2n) is 4.84. The Morgan fingerprint density at radius 2 is 1.95 bits per heavy atom. The molecule has 0 atom stereocenters. The molecule has 0 aliphatic heterocycles. The molecule has 1 heterocycles. The monoisotopic (exact) mass is 284 g/mol. The summed E-state index contributed by atoms with van der Waals surface area (Å²) in [6.45, 7) is 3.30.